The zero-order valence-corrected chi connectivity index (χ0v) is 15.9. The number of hydrogen-bond acceptors (Lipinski definition) is 0. The molecule has 0 spiro atoms. The van der Waals surface area contributed by atoms with Crippen LogP contribution in [0.5, 0.6) is 0 Å². The van der Waals surface area contributed by atoms with Gasteiger partial charge in [0.2, 0.25) is 0 Å². The highest BCUT2D eigenvalue weighted by Crippen LogP contribution is 2.63. The maximum Gasteiger partial charge on any atom is 0.0842 e. The third kappa shape index (κ3) is 8.22. The Kier molecular flexibility index (Phi) is 12.4. The Hall–Kier alpha value is -0.0600. The first-order valence-electron chi connectivity index (χ1n) is 8.65. The second-order valence-corrected chi connectivity index (χ2v) is 10.6. The minimum Gasteiger partial charge on any atom is -1.00 e. The van der Waals surface area contributed by atoms with Gasteiger partial charge in [-0.25, -0.2) is 0 Å². The summed E-state index contributed by atoms with van der Waals surface area (Å²) in [6, 6.07) is 11.3. The van der Waals surface area contributed by atoms with E-state index in [9.17, 15) is 0 Å². The predicted molar refractivity (Wildman–Crippen MR) is 96.4 cm³/mol. The van der Waals surface area contributed by atoms with Crippen molar-refractivity contribution in [2.75, 3.05) is 18.5 Å². The second kappa shape index (κ2) is 12.5. The molecule has 2 heteroatoms. The minimum atomic E-state index is -0.768. The molecule has 0 fully saturated rings. The van der Waals surface area contributed by atoms with E-state index in [1.165, 1.54) is 63.2 Å². The topological polar surface area (TPSA) is 0 Å². The normalized spacial score (nSPS) is 11.2. The lowest BCUT2D eigenvalue weighted by Crippen LogP contribution is -3.00. The lowest BCUT2D eigenvalue weighted by molar-refractivity contribution is -0.00000452. The first-order valence-corrected chi connectivity index (χ1v) is 11.2. The van der Waals surface area contributed by atoms with E-state index < -0.39 is 7.26 Å². The SMILES string of the molecule is CCCC[P+](CCCC)(CCCC)Cc1ccccc1.[Cl-]. The van der Waals surface area contributed by atoms with Crippen LogP contribution in [0, 0.1) is 0 Å². The van der Waals surface area contributed by atoms with Crippen LogP contribution in [0.15, 0.2) is 30.3 Å². The fraction of sp³-hybridized carbons (Fsp3) is 0.684. The summed E-state index contributed by atoms with van der Waals surface area (Å²) in [6.45, 7) is 7.03. The fourth-order valence-corrected chi connectivity index (χ4v) is 8.12. The molecule has 0 aliphatic rings. The van der Waals surface area contributed by atoms with Crippen LogP contribution in [0.25, 0.3) is 0 Å². The summed E-state index contributed by atoms with van der Waals surface area (Å²) in [5, 5.41) is 0. The van der Waals surface area contributed by atoms with Crippen LogP contribution >= 0.6 is 7.26 Å². The van der Waals surface area contributed by atoms with E-state index in [1.807, 2.05) is 0 Å². The number of rotatable bonds is 11. The van der Waals surface area contributed by atoms with Crippen LogP contribution in [0.4, 0.5) is 0 Å². The van der Waals surface area contributed by atoms with Gasteiger partial charge in [0.1, 0.15) is 0 Å². The molecule has 1 aromatic rings. The molecule has 0 unspecified atom stereocenters. The monoisotopic (exact) mass is 328 g/mol. The largest absolute Gasteiger partial charge is 1.00 e. The standard InChI is InChI=1S/C19H34P.ClH/c1-4-7-15-20(16-8-5-2,17-9-6-3)18-19-13-11-10-12-14-19;/h10-14H,4-9,15-18H2,1-3H3;1H/q+1;/p-1. The number of hydrogen-bond donors (Lipinski definition) is 0. The lowest BCUT2D eigenvalue weighted by atomic mass is 10.2. The summed E-state index contributed by atoms with van der Waals surface area (Å²) in [5.41, 5.74) is 1.59. The summed E-state index contributed by atoms with van der Waals surface area (Å²) in [5.74, 6) is 0. The van der Waals surface area contributed by atoms with Crippen molar-refractivity contribution in [1.82, 2.24) is 0 Å². The minimum absolute atomic E-state index is 0. The van der Waals surface area contributed by atoms with Crippen molar-refractivity contribution in [3.8, 4) is 0 Å². The molecule has 0 saturated carbocycles. The molecule has 0 bridgehead atoms. The molecule has 0 nitrogen and oxygen atoms in total. The van der Waals surface area contributed by atoms with Crippen LogP contribution in [0.1, 0.15) is 64.9 Å². The van der Waals surface area contributed by atoms with Gasteiger partial charge in [-0.15, -0.1) is 0 Å². The van der Waals surface area contributed by atoms with Gasteiger partial charge in [-0.3, -0.25) is 0 Å². The number of unbranched alkanes of at least 4 members (excludes halogenated alkanes) is 3. The first kappa shape index (κ1) is 20.9. The Balaban J connectivity index is 0.00000400. The molecule has 0 amide bonds. The lowest BCUT2D eigenvalue weighted by Gasteiger charge is -2.28. The van der Waals surface area contributed by atoms with E-state index in [-0.39, 0.29) is 12.4 Å². The molecule has 0 heterocycles. The van der Waals surface area contributed by atoms with E-state index >= 15 is 0 Å². The van der Waals surface area contributed by atoms with Gasteiger partial charge in [0.05, 0.1) is 24.6 Å². The van der Waals surface area contributed by atoms with Crippen molar-refractivity contribution in [3.05, 3.63) is 35.9 Å². The summed E-state index contributed by atoms with van der Waals surface area (Å²) < 4.78 is 0. The molecule has 0 N–H and O–H groups in total. The second-order valence-electron chi connectivity index (χ2n) is 6.22. The van der Waals surface area contributed by atoms with Crippen LogP contribution in [-0.2, 0) is 6.16 Å². The summed E-state index contributed by atoms with van der Waals surface area (Å²) >= 11 is 0. The van der Waals surface area contributed by atoms with Crippen LogP contribution < -0.4 is 12.4 Å². The molecule has 0 aliphatic carbocycles. The van der Waals surface area contributed by atoms with Crippen LogP contribution in [0.2, 0.25) is 0 Å². The van der Waals surface area contributed by atoms with Crippen molar-refractivity contribution >= 4 is 7.26 Å². The highest BCUT2D eigenvalue weighted by atomic mass is 35.5. The van der Waals surface area contributed by atoms with Crippen molar-refractivity contribution in [1.29, 1.82) is 0 Å². The van der Waals surface area contributed by atoms with Gasteiger partial charge in [-0.05, 0) is 24.8 Å². The molecule has 0 atom stereocenters. The highest BCUT2D eigenvalue weighted by Gasteiger charge is 2.35. The Labute approximate surface area is 139 Å². The Morgan fingerprint density at radius 2 is 1.14 bits per heavy atom. The van der Waals surface area contributed by atoms with Crippen molar-refractivity contribution < 1.29 is 12.4 Å². The summed E-state index contributed by atoms with van der Waals surface area (Å²) in [7, 11) is -0.768. The zero-order chi connectivity index (χ0) is 14.7. The molecule has 1 aromatic carbocycles. The fourth-order valence-electron chi connectivity index (χ4n) is 3.02. The van der Waals surface area contributed by atoms with Crippen molar-refractivity contribution in [3.63, 3.8) is 0 Å². The van der Waals surface area contributed by atoms with Gasteiger partial charge in [-0.2, -0.15) is 0 Å². The van der Waals surface area contributed by atoms with E-state index in [0.717, 1.165) is 0 Å². The average molecular weight is 329 g/mol. The quantitative estimate of drug-likeness (QED) is 0.544. The Morgan fingerprint density at radius 1 is 0.714 bits per heavy atom. The maximum absolute atomic E-state index is 2.35. The third-order valence-electron chi connectivity index (χ3n) is 4.32. The number of benzene rings is 1. The highest BCUT2D eigenvalue weighted by molar-refractivity contribution is 7.75. The van der Waals surface area contributed by atoms with Gasteiger partial charge < -0.3 is 12.4 Å². The molecule has 1 rings (SSSR count). The molecule has 0 radical (unpaired) electrons. The summed E-state index contributed by atoms with van der Waals surface area (Å²) in [6.07, 6.45) is 14.4. The van der Waals surface area contributed by atoms with E-state index in [0.29, 0.717) is 0 Å². The molecule has 21 heavy (non-hydrogen) atoms. The molecular formula is C19H34ClP. The maximum atomic E-state index is 2.35. The molecule has 0 aromatic heterocycles. The van der Waals surface area contributed by atoms with Gasteiger partial charge in [-0.1, -0.05) is 70.4 Å². The third-order valence-corrected chi connectivity index (χ3v) is 9.15. The van der Waals surface area contributed by atoms with Gasteiger partial charge in [0, 0.05) is 7.26 Å². The van der Waals surface area contributed by atoms with Crippen molar-refractivity contribution in [2.45, 2.75) is 65.5 Å². The van der Waals surface area contributed by atoms with E-state index in [2.05, 4.69) is 51.1 Å². The molecule has 122 valence electrons. The Morgan fingerprint density at radius 3 is 1.52 bits per heavy atom. The van der Waals surface area contributed by atoms with Crippen LogP contribution in [0.3, 0.4) is 0 Å². The molecular weight excluding hydrogens is 295 g/mol. The summed E-state index contributed by atoms with van der Waals surface area (Å²) in [4.78, 5) is 0. The number of halogens is 1. The van der Waals surface area contributed by atoms with E-state index in [4.69, 9.17) is 0 Å². The van der Waals surface area contributed by atoms with Gasteiger partial charge in [0.25, 0.3) is 0 Å². The van der Waals surface area contributed by atoms with Gasteiger partial charge >= 0.3 is 0 Å². The van der Waals surface area contributed by atoms with Crippen LogP contribution in [-0.4, -0.2) is 18.5 Å². The first-order chi connectivity index (χ1) is 9.76. The molecule has 0 saturated heterocycles. The smallest absolute Gasteiger partial charge is 0.0842 e. The Bertz CT molecular complexity index is 315. The average Bonchev–Trinajstić information content (AvgIpc) is 2.49. The van der Waals surface area contributed by atoms with Crippen molar-refractivity contribution in [2.24, 2.45) is 0 Å². The van der Waals surface area contributed by atoms with E-state index in [1.54, 1.807) is 5.56 Å². The predicted octanol–water partition coefficient (Wildman–Crippen LogP) is 3.61. The zero-order valence-electron chi connectivity index (χ0n) is 14.3. The van der Waals surface area contributed by atoms with Gasteiger partial charge in [0.15, 0.2) is 0 Å². The molecule has 0 aliphatic heterocycles.